The van der Waals surface area contributed by atoms with E-state index in [0.717, 1.165) is 24.2 Å². The first kappa shape index (κ1) is 9.06. The predicted octanol–water partition coefficient (Wildman–Crippen LogP) is 1.75. The van der Waals surface area contributed by atoms with E-state index in [4.69, 9.17) is 4.74 Å². The van der Waals surface area contributed by atoms with E-state index in [0.29, 0.717) is 5.56 Å². The van der Waals surface area contributed by atoms with Gasteiger partial charge in [-0.25, -0.2) is 4.79 Å². The van der Waals surface area contributed by atoms with Crippen LogP contribution in [0.1, 0.15) is 21.5 Å². The smallest absolute Gasteiger partial charge is 0.340 e. The highest BCUT2D eigenvalue weighted by Crippen LogP contribution is 2.29. The van der Waals surface area contributed by atoms with E-state index in [2.05, 4.69) is 11.4 Å². The Kier molecular flexibility index (Phi) is 2.15. The molecule has 0 amide bonds. The van der Waals surface area contributed by atoms with E-state index < -0.39 is 0 Å². The van der Waals surface area contributed by atoms with Gasteiger partial charge in [0.15, 0.2) is 0 Å². The molecule has 0 bridgehead atoms. The fourth-order valence-corrected chi connectivity index (χ4v) is 1.85. The highest BCUT2D eigenvalue weighted by atomic mass is 16.5. The molecule has 0 aromatic heterocycles. The van der Waals surface area contributed by atoms with Gasteiger partial charge in [-0.3, -0.25) is 0 Å². The first-order valence-electron chi connectivity index (χ1n) is 4.68. The third-order valence-corrected chi connectivity index (χ3v) is 2.59. The van der Waals surface area contributed by atoms with Crippen molar-refractivity contribution in [3.8, 4) is 0 Å². The van der Waals surface area contributed by atoms with Crippen LogP contribution in [0.5, 0.6) is 0 Å². The lowest BCUT2D eigenvalue weighted by atomic mass is 10.0. The number of ether oxygens (including phenoxy) is 1. The van der Waals surface area contributed by atoms with E-state index in [9.17, 15) is 4.79 Å². The molecular weight excluding hydrogens is 178 g/mol. The first-order chi connectivity index (χ1) is 6.74. The number of aryl methyl sites for hydroxylation is 1. The molecule has 14 heavy (non-hydrogen) atoms. The van der Waals surface area contributed by atoms with Crippen LogP contribution in [0.4, 0.5) is 5.69 Å². The first-order valence-corrected chi connectivity index (χ1v) is 4.68. The van der Waals surface area contributed by atoms with E-state index in [1.54, 1.807) is 0 Å². The van der Waals surface area contributed by atoms with Gasteiger partial charge in [-0.1, -0.05) is 12.1 Å². The minimum absolute atomic E-state index is 0.256. The molecule has 1 aromatic rings. The second-order valence-corrected chi connectivity index (χ2v) is 3.46. The average molecular weight is 191 g/mol. The number of hydrogen-bond acceptors (Lipinski definition) is 3. The Labute approximate surface area is 83.1 Å². The summed E-state index contributed by atoms with van der Waals surface area (Å²) in [6.45, 7) is 2.83. The summed E-state index contributed by atoms with van der Waals surface area (Å²) in [5.74, 6) is -0.256. The summed E-state index contributed by atoms with van der Waals surface area (Å²) in [4.78, 5) is 11.5. The maximum atomic E-state index is 11.5. The van der Waals surface area contributed by atoms with Crippen LogP contribution in [0.25, 0.3) is 0 Å². The maximum absolute atomic E-state index is 11.5. The van der Waals surface area contributed by atoms with Gasteiger partial charge in [0, 0.05) is 6.54 Å². The minimum Gasteiger partial charge on any atom is -0.465 e. The molecule has 74 valence electrons. The number of nitrogens with one attached hydrogen (secondary N) is 1. The molecule has 0 fully saturated rings. The number of carbonyl (C=O) groups excluding carboxylic acids is 1. The Hall–Kier alpha value is -1.51. The summed E-state index contributed by atoms with van der Waals surface area (Å²) in [6.07, 6.45) is 0.986. The van der Waals surface area contributed by atoms with Crippen molar-refractivity contribution >= 4 is 11.7 Å². The van der Waals surface area contributed by atoms with Gasteiger partial charge in [0.25, 0.3) is 0 Å². The zero-order valence-electron chi connectivity index (χ0n) is 8.39. The van der Waals surface area contributed by atoms with Gasteiger partial charge in [-0.2, -0.15) is 0 Å². The predicted molar refractivity (Wildman–Crippen MR) is 54.7 cm³/mol. The van der Waals surface area contributed by atoms with Crippen LogP contribution < -0.4 is 5.32 Å². The van der Waals surface area contributed by atoms with Crippen molar-refractivity contribution in [2.75, 3.05) is 19.0 Å². The van der Waals surface area contributed by atoms with Crippen molar-refractivity contribution in [1.29, 1.82) is 0 Å². The summed E-state index contributed by atoms with van der Waals surface area (Å²) in [5.41, 5.74) is 3.81. The summed E-state index contributed by atoms with van der Waals surface area (Å²) < 4.78 is 4.76. The fourth-order valence-electron chi connectivity index (χ4n) is 1.85. The van der Waals surface area contributed by atoms with Gasteiger partial charge >= 0.3 is 5.97 Å². The molecule has 1 heterocycles. The van der Waals surface area contributed by atoms with E-state index in [1.165, 1.54) is 12.7 Å². The number of carbonyl (C=O) groups is 1. The molecule has 0 saturated carbocycles. The second kappa shape index (κ2) is 3.33. The molecule has 0 radical (unpaired) electrons. The standard InChI is InChI=1S/C11H13NO2/c1-7-3-4-8-5-6-12-10(8)9(7)11(13)14-2/h3-4,12H,5-6H2,1-2H3. The number of fused-ring (bicyclic) bond motifs is 1. The molecule has 1 aliphatic rings. The Morgan fingerprint density at radius 2 is 2.29 bits per heavy atom. The van der Waals surface area contributed by atoms with Crippen molar-refractivity contribution in [1.82, 2.24) is 0 Å². The van der Waals surface area contributed by atoms with Crippen LogP contribution in [0, 0.1) is 6.92 Å². The lowest BCUT2D eigenvalue weighted by Crippen LogP contribution is -2.07. The second-order valence-electron chi connectivity index (χ2n) is 3.46. The molecule has 1 aromatic carbocycles. The highest BCUT2D eigenvalue weighted by Gasteiger charge is 2.21. The third kappa shape index (κ3) is 1.25. The number of benzene rings is 1. The Balaban J connectivity index is 2.57. The van der Waals surface area contributed by atoms with Gasteiger partial charge in [-0.05, 0) is 24.5 Å². The van der Waals surface area contributed by atoms with Crippen molar-refractivity contribution in [2.24, 2.45) is 0 Å². The summed E-state index contributed by atoms with van der Waals surface area (Å²) in [7, 11) is 1.41. The van der Waals surface area contributed by atoms with Crippen LogP contribution in [0.2, 0.25) is 0 Å². The van der Waals surface area contributed by atoms with Gasteiger partial charge in [0.2, 0.25) is 0 Å². The molecule has 0 saturated heterocycles. The summed E-state index contributed by atoms with van der Waals surface area (Å²) in [5, 5.41) is 3.22. The molecule has 3 heteroatoms. The molecule has 1 N–H and O–H groups in total. The van der Waals surface area contributed by atoms with E-state index >= 15 is 0 Å². The summed E-state index contributed by atoms with van der Waals surface area (Å²) in [6, 6.07) is 4.04. The normalized spacial score (nSPS) is 13.3. The third-order valence-electron chi connectivity index (χ3n) is 2.59. The molecule has 0 atom stereocenters. The van der Waals surface area contributed by atoms with Crippen molar-refractivity contribution in [3.63, 3.8) is 0 Å². The largest absolute Gasteiger partial charge is 0.465 e. The number of anilines is 1. The monoisotopic (exact) mass is 191 g/mol. The van der Waals surface area contributed by atoms with Crippen molar-refractivity contribution in [3.05, 3.63) is 28.8 Å². The molecule has 0 aliphatic carbocycles. The molecule has 1 aliphatic heterocycles. The SMILES string of the molecule is COC(=O)c1c(C)ccc2c1NCC2. The van der Waals surface area contributed by atoms with Crippen molar-refractivity contribution < 1.29 is 9.53 Å². The topological polar surface area (TPSA) is 38.3 Å². The molecule has 0 unspecified atom stereocenters. The fraction of sp³-hybridized carbons (Fsp3) is 0.364. The van der Waals surface area contributed by atoms with Gasteiger partial charge < -0.3 is 10.1 Å². The van der Waals surface area contributed by atoms with E-state index in [-0.39, 0.29) is 5.97 Å². The van der Waals surface area contributed by atoms with Crippen LogP contribution in [0.15, 0.2) is 12.1 Å². The van der Waals surface area contributed by atoms with Crippen LogP contribution in [-0.4, -0.2) is 19.6 Å². The van der Waals surface area contributed by atoms with Crippen LogP contribution >= 0.6 is 0 Å². The number of rotatable bonds is 1. The van der Waals surface area contributed by atoms with Crippen LogP contribution in [-0.2, 0) is 11.2 Å². The quantitative estimate of drug-likeness (QED) is 0.687. The van der Waals surface area contributed by atoms with E-state index in [1.807, 2.05) is 13.0 Å². The van der Waals surface area contributed by atoms with Gasteiger partial charge in [0.1, 0.15) is 0 Å². The number of esters is 1. The number of hydrogen-bond donors (Lipinski definition) is 1. The van der Waals surface area contributed by atoms with Crippen LogP contribution in [0.3, 0.4) is 0 Å². The zero-order chi connectivity index (χ0) is 10.1. The molecule has 2 rings (SSSR count). The van der Waals surface area contributed by atoms with Crippen molar-refractivity contribution in [2.45, 2.75) is 13.3 Å². The summed E-state index contributed by atoms with van der Waals surface area (Å²) >= 11 is 0. The molecular formula is C11H13NO2. The average Bonchev–Trinajstić information content (AvgIpc) is 2.64. The minimum atomic E-state index is -0.256. The molecule has 3 nitrogen and oxygen atoms in total. The Morgan fingerprint density at radius 1 is 1.50 bits per heavy atom. The van der Waals surface area contributed by atoms with Gasteiger partial charge in [0.05, 0.1) is 18.4 Å². The zero-order valence-corrected chi connectivity index (χ0v) is 8.39. The number of methoxy groups -OCH3 is 1. The lowest BCUT2D eigenvalue weighted by Gasteiger charge is -2.09. The Morgan fingerprint density at radius 3 is 3.00 bits per heavy atom. The molecule has 0 spiro atoms. The van der Waals surface area contributed by atoms with Gasteiger partial charge in [-0.15, -0.1) is 0 Å². The Bertz CT molecular complexity index is 385. The highest BCUT2D eigenvalue weighted by molar-refractivity contribution is 5.98. The lowest BCUT2D eigenvalue weighted by molar-refractivity contribution is 0.0601. The maximum Gasteiger partial charge on any atom is 0.340 e.